The van der Waals surface area contributed by atoms with Gasteiger partial charge in [-0.1, -0.05) is 206 Å². The average molecular weight is 842 g/mol. The van der Waals surface area contributed by atoms with Crippen LogP contribution in [0, 0.1) is 0 Å². The summed E-state index contributed by atoms with van der Waals surface area (Å²) in [6.45, 7) is 0. The smallest absolute Gasteiger partial charge is 0.136 e. The Morgan fingerprint density at radius 2 is 0.727 bits per heavy atom. The van der Waals surface area contributed by atoms with Gasteiger partial charge in [0.25, 0.3) is 0 Å². The van der Waals surface area contributed by atoms with E-state index in [2.05, 4.69) is 254 Å². The lowest BCUT2D eigenvalue weighted by molar-refractivity contribution is 0.669. The van der Waals surface area contributed by atoms with Gasteiger partial charge in [-0.3, -0.25) is 0 Å². The zero-order chi connectivity index (χ0) is 43.8. The molecule has 0 N–H and O–H groups in total. The van der Waals surface area contributed by atoms with Crippen LogP contribution >= 0.6 is 0 Å². The summed E-state index contributed by atoms with van der Waals surface area (Å²) in [4.78, 5) is 2.41. The highest BCUT2D eigenvalue weighted by molar-refractivity contribution is 6.06. The maximum Gasteiger partial charge on any atom is 0.136 e. The van der Waals surface area contributed by atoms with E-state index < -0.39 is 0 Å². The van der Waals surface area contributed by atoms with Crippen molar-refractivity contribution >= 4 is 49.8 Å². The zero-order valence-corrected chi connectivity index (χ0v) is 36.2. The molecule has 0 aliphatic heterocycles. The highest BCUT2D eigenvalue weighted by atomic mass is 16.3. The summed E-state index contributed by atoms with van der Waals surface area (Å²) in [5, 5.41) is 4.74. The van der Waals surface area contributed by atoms with Gasteiger partial charge < -0.3 is 9.32 Å². The fraction of sp³-hybridized carbons (Fsp3) is 0. The van der Waals surface area contributed by atoms with E-state index in [0.29, 0.717) is 0 Å². The Bertz CT molecular complexity index is 3680. The molecule has 1 heterocycles. The van der Waals surface area contributed by atoms with Crippen LogP contribution in [-0.4, -0.2) is 0 Å². The standard InChI is InChI=1S/C64H43NO/c1-3-16-44(17-4-1)49-34-40-57(56-24-10-9-23-55(56)46-18-5-2-6-19-46)61(42-49)58-25-11-13-28-62(58)65(52-38-32-48(33-39-52)54-27-15-21-47-20-7-8-22-53(47)54)51-36-30-45(31-37-51)50-35-41-60-59-26-12-14-29-63(59)66-64(60)43-50/h1-43H. The fourth-order valence-electron chi connectivity index (χ4n) is 9.70. The number of benzene rings is 11. The van der Waals surface area contributed by atoms with Crippen molar-refractivity contribution in [3.8, 4) is 66.8 Å². The first kappa shape index (κ1) is 38.9. The van der Waals surface area contributed by atoms with Gasteiger partial charge in [0.15, 0.2) is 0 Å². The van der Waals surface area contributed by atoms with Crippen molar-refractivity contribution in [2.24, 2.45) is 0 Å². The second-order valence-corrected chi connectivity index (χ2v) is 16.8. The van der Waals surface area contributed by atoms with Gasteiger partial charge in [-0.15, -0.1) is 0 Å². The third-order valence-electron chi connectivity index (χ3n) is 12.9. The molecule has 1 aromatic heterocycles. The van der Waals surface area contributed by atoms with Crippen molar-refractivity contribution in [1.82, 2.24) is 0 Å². The predicted molar refractivity (Wildman–Crippen MR) is 279 cm³/mol. The quantitative estimate of drug-likeness (QED) is 0.144. The molecule has 0 unspecified atom stereocenters. The molecule has 310 valence electrons. The van der Waals surface area contributed by atoms with Crippen molar-refractivity contribution in [2.45, 2.75) is 0 Å². The lowest BCUT2D eigenvalue weighted by Gasteiger charge is -2.29. The molecular formula is C64H43NO. The monoisotopic (exact) mass is 841 g/mol. The molecule has 0 atom stereocenters. The van der Waals surface area contributed by atoms with Crippen LogP contribution in [0.1, 0.15) is 0 Å². The van der Waals surface area contributed by atoms with Crippen LogP contribution in [0.3, 0.4) is 0 Å². The Kier molecular flexibility index (Phi) is 9.89. The second kappa shape index (κ2) is 16.8. The summed E-state index contributed by atoms with van der Waals surface area (Å²) >= 11 is 0. The summed E-state index contributed by atoms with van der Waals surface area (Å²) in [6.07, 6.45) is 0. The Morgan fingerprint density at radius 1 is 0.242 bits per heavy atom. The number of para-hydroxylation sites is 2. The van der Waals surface area contributed by atoms with Crippen molar-refractivity contribution in [3.05, 3.63) is 261 Å². The molecule has 2 nitrogen and oxygen atoms in total. The maximum atomic E-state index is 6.31. The molecule has 0 saturated carbocycles. The lowest BCUT2D eigenvalue weighted by atomic mass is 9.86. The zero-order valence-electron chi connectivity index (χ0n) is 36.2. The lowest BCUT2D eigenvalue weighted by Crippen LogP contribution is -2.11. The molecule has 0 aliphatic rings. The molecule has 12 rings (SSSR count). The number of hydrogen-bond donors (Lipinski definition) is 0. The average Bonchev–Trinajstić information content (AvgIpc) is 3.78. The van der Waals surface area contributed by atoms with Crippen LogP contribution < -0.4 is 4.90 Å². The van der Waals surface area contributed by atoms with Crippen LogP contribution in [0.5, 0.6) is 0 Å². The van der Waals surface area contributed by atoms with E-state index in [1.165, 1.54) is 49.7 Å². The van der Waals surface area contributed by atoms with E-state index in [4.69, 9.17) is 4.42 Å². The Hall–Kier alpha value is -8.72. The SMILES string of the molecule is c1ccc(-c2ccc(-c3ccccc3-c3ccccc3)c(-c3ccccc3N(c3ccc(-c4ccc5c(c4)oc4ccccc45)cc3)c3ccc(-c4cccc5ccccc45)cc3)c2)cc1. The highest BCUT2D eigenvalue weighted by Gasteiger charge is 2.22. The number of hydrogen-bond acceptors (Lipinski definition) is 2. The predicted octanol–water partition coefficient (Wildman–Crippen LogP) is 18.2. The van der Waals surface area contributed by atoms with E-state index in [-0.39, 0.29) is 0 Å². The van der Waals surface area contributed by atoms with Gasteiger partial charge in [0.1, 0.15) is 11.2 Å². The summed E-state index contributed by atoms with van der Waals surface area (Å²) in [5.41, 5.74) is 19.0. The van der Waals surface area contributed by atoms with Crippen LogP contribution in [0.2, 0.25) is 0 Å². The number of fused-ring (bicyclic) bond motifs is 4. The van der Waals surface area contributed by atoms with E-state index in [1.807, 2.05) is 12.1 Å². The molecule has 0 saturated heterocycles. The first-order chi connectivity index (χ1) is 32.7. The van der Waals surface area contributed by atoms with Gasteiger partial charge in [-0.05, 0) is 127 Å². The molecule has 0 amide bonds. The van der Waals surface area contributed by atoms with Gasteiger partial charge in [-0.2, -0.15) is 0 Å². The largest absolute Gasteiger partial charge is 0.456 e. The number of rotatable bonds is 9. The molecule has 0 fully saturated rings. The summed E-state index contributed by atoms with van der Waals surface area (Å²) in [7, 11) is 0. The molecule has 11 aromatic carbocycles. The van der Waals surface area contributed by atoms with Crippen LogP contribution in [0.4, 0.5) is 17.1 Å². The summed E-state index contributed by atoms with van der Waals surface area (Å²) < 4.78 is 6.31. The Labute approximate surface area is 384 Å². The van der Waals surface area contributed by atoms with Crippen molar-refractivity contribution in [3.63, 3.8) is 0 Å². The third-order valence-corrected chi connectivity index (χ3v) is 12.9. The Balaban J connectivity index is 1.03. The molecule has 0 bridgehead atoms. The molecule has 2 heteroatoms. The summed E-state index contributed by atoms with van der Waals surface area (Å²) in [6, 6.07) is 94.0. The Morgan fingerprint density at radius 3 is 1.50 bits per heavy atom. The van der Waals surface area contributed by atoms with Gasteiger partial charge in [0.2, 0.25) is 0 Å². The van der Waals surface area contributed by atoms with Crippen LogP contribution in [0.15, 0.2) is 265 Å². The van der Waals surface area contributed by atoms with Gasteiger partial charge in [0.05, 0.1) is 5.69 Å². The van der Waals surface area contributed by atoms with E-state index >= 15 is 0 Å². The van der Waals surface area contributed by atoms with Gasteiger partial charge in [-0.25, -0.2) is 0 Å². The van der Waals surface area contributed by atoms with E-state index in [0.717, 1.165) is 66.8 Å². The first-order valence-corrected chi connectivity index (χ1v) is 22.6. The normalized spacial score (nSPS) is 11.3. The fourth-order valence-corrected chi connectivity index (χ4v) is 9.70. The van der Waals surface area contributed by atoms with E-state index in [9.17, 15) is 0 Å². The van der Waals surface area contributed by atoms with E-state index in [1.54, 1.807) is 0 Å². The molecule has 0 radical (unpaired) electrons. The first-order valence-electron chi connectivity index (χ1n) is 22.6. The highest BCUT2D eigenvalue weighted by Crippen LogP contribution is 2.47. The summed E-state index contributed by atoms with van der Waals surface area (Å²) in [5.74, 6) is 0. The van der Waals surface area contributed by atoms with Crippen molar-refractivity contribution in [1.29, 1.82) is 0 Å². The topological polar surface area (TPSA) is 16.4 Å². The molecule has 12 aromatic rings. The molecular weight excluding hydrogens is 799 g/mol. The number of nitrogens with zero attached hydrogens (tertiary/aromatic N) is 1. The molecule has 66 heavy (non-hydrogen) atoms. The van der Waals surface area contributed by atoms with Crippen LogP contribution in [-0.2, 0) is 0 Å². The maximum absolute atomic E-state index is 6.31. The minimum atomic E-state index is 0.891. The van der Waals surface area contributed by atoms with Gasteiger partial charge >= 0.3 is 0 Å². The van der Waals surface area contributed by atoms with Crippen molar-refractivity contribution < 1.29 is 4.42 Å². The second-order valence-electron chi connectivity index (χ2n) is 16.8. The molecule has 0 spiro atoms. The minimum absolute atomic E-state index is 0.891. The minimum Gasteiger partial charge on any atom is -0.456 e. The number of anilines is 3. The number of furan rings is 1. The van der Waals surface area contributed by atoms with Gasteiger partial charge in [0, 0.05) is 27.7 Å². The third kappa shape index (κ3) is 7.12. The van der Waals surface area contributed by atoms with Crippen molar-refractivity contribution in [2.75, 3.05) is 4.90 Å². The molecule has 0 aliphatic carbocycles. The van der Waals surface area contributed by atoms with Crippen LogP contribution in [0.25, 0.3) is 99.5 Å².